The van der Waals surface area contributed by atoms with Gasteiger partial charge in [0.2, 0.25) is 5.95 Å². The van der Waals surface area contributed by atoms with Gasteiger partial charge in [0.05, 0.1) is 29.5 Å². The van der Waals surface area contributed by atoms with Gasteiger partial charge in [-0.15, -0.1) is 0 Å². The Balaban J connectivity index is 1.66. The zero-order valence-corrected chi connectivity index (χ0v) is 14.7. The Morgan fingerprint density at radius 2 is 2.04 bits per heavy atom. The van der Waals surface area contributed by atoms with Gasteiger partial charge in [-0.25, -0.2) is 9.67 Å². The highest BCUT2D eigenvalue weighted by molar-refractivity contribution is 5.75. The number of nitrogens with two attached hydrogens (primary N) is 1. The van der Waals surface area contributed by atoms with Crippen molar-refractivity contribution in [1.82, 2.24) is 29.5 Å². The number of aryl methyl sites for hydroxylation is 2. The molecule has 0 fully saturated rings. The molecule has 4 aromatic rings. The molecule has 3 N–H and O–H groups in total. The van der Waals surface area contributed by atoms with Crippen LogP contribution in [0.15, 0.2) is 42.9 Å². The van der Waals surface area contributed by atoms with Crippen LogP contribution < -0.4 is 11.1 Å². The Hall–Kier alpha value is -3.42. The normalized spacial score (nSPS) is 11.2. The quantitative estimate of drug-likeness (QED) is 0.538. The molecule has 0 amide bonds. The van der Waals surface area contributed by atoms with E-state index in [-0.39, 0.29) is 0 Å². The lowest BCUT2D eigenvalue weighted by atomic mass is 10.2. The lowest BCUT2D eigenvalue weighted by molar-refractivity contribution is 0.653. The first-order chi connectivity index (χ1) is 12.6. The highest BCUT2D eigenvalue weighted by Gasteiger charge is 2.11. The molecule has 8 heteroatoms. The maximum atomic E-state index is 6.05. The second-order valence-electron chi connectivity index (χ2n) is 6.08. The van der Waals surface area contributed by atoms with E-state index in [0.29, 0.717) is 12.5 Å². The topological polar surface area (TPSA) is 99.5 Å². The number of nitrogen functional groups attached to an aromatic ring is 1. The highest BCUT2D eigenvalue weighted by Crippen LogP contribution is 2.20. The maximum Gasteiger partial charge on any atom is 0.229 e. The molecule has 132 valence electrons. The number of aromatic nitrogens is 6. The summed E-state index contributed by atoms with van der Waals surface area (Å²) >= 11 is 0. The molecule has 0 bridgehead atoms. The Morgan fingerprint density at radius 1 is 1.19 bits per heavy atom. The fraction of sp³-hybridized carbons (Fsp3) is 0.222. The van der Waals surface area contributed by atoms with E-state index in [2.05, 4.69) is 25.5 Å². The molecule has 3 heterocycles. The summed E-state index contributed by atoms with van der Waals surface area (Å²) in [5, 5.41) is 13.0. The van der Waals surface area contributed by atoms with E-state index in [1.165, 1.54) is 0 Å². The van der Waals surface area contributed by atoms with Crippen LogP contribution in [-0.2, 0) is 13.1 Å². The van der Waals surface area contributed by atoms with Gasteiger partial charge in [-0.2, -0.15) is 15.2 Å². The van der Waals surface area contributed by atoms with Gasteiger partial charge in [0, 0.05) is 24.6 Å². The molecule has 4 rings (SSSR count). The molecule has 8 nitrogen and oxygen atoms in total. The number of anilines is 3. The fourth-order valence-electron chi connectivity index (χ4n) is 2.81. The first-order valence-electron chi connectivity index (χ1n) is 8.47. The fourth-order valence-corrected chi connectivity index (χ4v) is 2.81. The van der Waals surface area contributed by atoms with Crippen molar-refractivity contribution in [3.63, 3.8) is 0 Å². The summed E-state index contributed by atoms with van der Waals surface area (Å²) in [5.41, 5.74) is 10.3. The second-order valence-corrected chi connectivity index (χ2v) is 6.08. The van der Waals surface area contributed by atoms with E-state index in [9.17, 15) is 0 Å². The van der Waals surface area contributed by atoms with Crippen molar-refractivity contribution in [2.45, 2.75) is 26.9 Å². The Morgan fingerprint density at radius 3 is 2.81 bits per heavy atom. The van der Waals surface area contributed by atoms with Gasteiger partial charge in [-0.1, -0.05) is 18.2 Å². The van der Waals surface area contributed by atoms with Gasteiger partial charge in [0.15, 0.2) is 5.65 Å². The molecule has 0 radical (unpaired) electrons. The van der Waals surface area contributed by atoms with E-state index < -0.39 is 0 Å². The zero-order chi connectivity index (χ0) is 18.1. The van der Waals surface area contributed by atoms with Crippen molar-refractivity contribution >= 4 is 28.4 Å². The third kappa shape index (κ3) is 2.97. The Bertz CT molecular complexity index is 1060. The molecule has 0 saturated carbocycles. The lowest BCUT2D eigenvalue weighted by Crippen LogP contribution is -2.06. The average molecular weight is 348 g/mol. The molecule has 0 unspecified atom stereocenters. The summed E-state index contributed by atoms with van der Waals surface area (Å²) in [4.78, 5) is 9.01. The number of rotatable bonds is 5. The van der Waals surface area contributed by atoms with Crippen LogP contribution in [0.2, 0.25) is 0 Å². The molecular formula is C18H20N8. The van der Waals surface area contributed by atoms with Crippen molar-refractivity contribution in [2.24, 2.45) is 0 Å². The van der Waals surface area contributed by atoms with Gasteiger partial charge >= 0.3 is 0 Å². The number of nitrogens with one attached hydrogen (secondary N) is 1. The first-order valence-corrected chi connectivity index (χ1v) is 8.47. The molecule has 0 aliphatic heterocycles. The number of fused-ring (bicyclic) bond motifs is 1. The largest absolute Gasteiger partial charge is 0.398 e. The molecule has 26 heavy (non-hydrogen) atoms. The molecule has 1 aromatic carbocycles. The van der Waals surface area contributed by atoms with Crippen LogP contribution in [-0.4, -0.2) is 29.5 Å². The summed E-state index contributed by atoms with van der Waals surface area (Å²) in [7, 11) is 0. The third-order valence-corrected chi connectivity index (χ3v) is 4.27. The summed E-state index contributed by atoms with van der Waals surface area (Å²) < 4.78 is 3.70. The minimum atomic E-state index is 0.513. The number of nitrogens with zero attached hydrogens (tertiary/aromatic N) is 6. The molecule has 0 saturated heterocycles. The monoisotopic (exact) mass is 348 g/mol. The van der Waals surface area contributed by atoms with Gasteiger partial charge in [0.25, 0.3) is 0 Å². The zero-order valence-electron chi connectivity index (χ0n) is 14.7. The molecule has 3 aromatic heterocycles. The predicted molar refractivity (Wildman–Crippen MR) is 101 cm³/mol. The third-order valence-electron chi connectivity index (χ3n) is 4.27. The Kier molecular flexibility index (Phi) is 4.00. The van der Waals surface area contributed by atoms with Gasteiger partial charge in [-0.05, 0) is 25.5 Å². The number of benzene rings is 1. The van der Waals surface area contributed by atoms with Crippen LogP contribution in [0, 0.1) is 6.92 Å². The first kappa shape index (κ1) is 16.1. The molecular weight excluding hydrogens is 328 g/mol. The van der Waals surface area contributed by atoms with Crippen molar-refractivity contribution in [3.05, 3.63) is 54.1 Å². The summed E-state index contributed by atoms with van der Waals surface area (Å²) in [6.45, 7) is 5.37. The smallest absolute Gasteiger partial charge is 0.229 e. The molecule has 0 aliphatic carbocycles. The van der Waals surface area contributed by atoms with E-state index in [1.807, 2.05) is 53.7 Å². The average Bonchev–Trinajstić information content (AvgIpc) is 3.20. The standard InChI is InChI=1S/C18H20N8/c1-3-25-11-16(12(2)24-25)22-18-20-8-14-9-21-26(17(14)23-18)10-13-6-4-5-7-15(13)19/h4-9,11H,3,10,19H2,1-2H3,(H,20,22,23). The molecule has 0 spiro atoms. The van der Waals surface area contributed by atoms with Gasteiger partial charge in [-0.3, -0.25) is 4.68 Å². The number of para-hydroxylation sites is 1. The van der Waals surface area contributed by atoms with Crippen LogP contribution in [0.4, 0.5) is 17.3 Å². The van der Waals surface area contributed by atoms with Crippen molar-refractivity contribution in [3.8, 4) is 0 Å². The Labute approximate surface area is 150 Å². The second kappa shape index (κ2) is 6.47. The number of hydrogen-bond donors (Lipinski definition) is 2. The maximum absolute atomic E-state index is 6.05. The SMILES string of the molecule is CCn1cc(Nc2ncc3cnn(Cc4ccccc4N)c3n2)c(C)n1. The van der Waals surface area contributed by atoms with E-state index in [0.717, 1.165) is 40.2 Å². The summed E-state index contributed by atoms with van der Waals surface area (Å²) in [5.74, 6) is 0.513. The van der Waals surface area contributed by atoms with Crippen LogP contribution in [0.5, 0.6) is 0 Å². The van der Waals surface area contributed by atoms with Crippen LogP contribution >= 0.6 is 0 Å². The summed E-state index contributed by atoms with van der Waals surface area (Å²) in [6, 6.07) is 7.76. The van der Waals surface area contributed by atoms with Crippen molar-refractivity contribution in [1.29, 1.82) is 0 Å². The van der Waals surface area contributed by atoms with Crippen molar-refractivity contribution < 1.29 is 0 Å². The highest BCUT2D eigenvalue weighted by atomic mass is 15.3. The minimum Gasteiger partial charge on any atom is -0.398 e. The lowest BCUT2D eigenvalue weighted by Gasteiger charge is -2.07. The predicted octanol–water partition coefficient (Wildman–Crippen LogP) is 2.73. The van der Waals surface area contributed by atoms with Gasteiger partial charge < -0.3 is 11.1 Å². The van der Waals surface area contributed by atoms with Crippen LogP contribution in [0.25, 0.3) is 11.0 Å². The van der Waals surface area contributed by atoms with Crippen molar-refractivity contribution in [2.75, 3.05) is 11.1 Å². The van der Waals surface area contributed by atoms with Gasteiger partial charge in [0.1, 0.15) is 0 Å². The number of hydrogen-bond acceptors (Lipinski definition) is 6. The molecule has 0 atom stereocenters. The van der Waals surface area contributed by atoms with E-state index in [4.69, 9.17) is 5.73 Å². The minimum absolute atomic E-state index is 0.513. The van der Waals surface area contributed by atoms with E-state index >= 15 is 0 Å². The van der Waals surface area contributed by atoms with Crippen LogP contribution in [0.1, 0.15) is 18.2 Å². The van der Waals surface area contributed by atoms with Crippen LogP contribution in [0.3, 0.4) is 0 Å². The van der Waals surface area contributed by atoms with E-state index in [1.54, 1.807) is 12.4 Å². The summed E-state index contributed by atoms with van der Waals surface area (Å²) in [6.07, 6.45) is 5.48. The molecule has 0 aliphatic rings.